The van der Waals surface area contributed by atoms with E-state index in [9.17, 15) is 0 Å². The van der Waals surface area contributed by atoms with Crippen LogP contribution >= 0.6 is 0 Å². The van der Waals surface area contributed by atoms with Crippen molar-refractivity contribution in [1.29, 1.82) is 0 Å². The van der Waals surface area contributed by atoms with Gasteiger partial charge in [0.05, 0.1) is 5.52 Å². The van der Waals surface area contributed by atoms with Crippen molar-refractivity contribution in [2.24, 2.45) is 0 Å². The van der Waals surface area contributed by atoms with E-state index in [1.807, 2.05) is 6.20 Å². The number of nitrogens with zero attached hydrogens (tertiary/aromatic N) is 1. The van der Waals surface area contributed by atoms with Gasteiger partial charge in [-0.05, 0) is 37.1 Å². The van der Waals surface area contributed by atoms with E-state index in [-0.39, 0.29) is 0 Å². The van der Waals surface area contributed by atoms with Crippen LogP contribution in [-0.4, -0.2) is 17.6 Å². The Morgan fingerprint density at radius 1 is 1.29 bits per heavy atom. The van der Waals surface area contributed by atoms with Crippen LogP contribution < -0.4 is 5.32 Å². The van der Waals surface area contributed by atoms with Gasteiger partial charge < -0.3 is 5.32 Å². The first-order chi connectivity index (χ1) is 8.40. The third-order valence-corrected chi connectivity index (χ3v) is 3.87. The molecule has 2 aromatic rings. The third kappa shape index (κ3) is 1.83. The lowest BCUT2D eigenvalue weighted by molar-refractivity contribution is 0.533. The number of rotatable bonds is 2. The van der Waals surface area contributed by atoms with Crippen LogP contribution in [0.4, 0.5) is 0 Å². The Balaban J connectivity index is 2.10. The number of fused-ring (bicyclic) bond motifs is 1. The molecule has 1 aromatic carbocycles. The first-order valence-electron chi connectivity index (χ1n) is 6.47. The number of hydrogen-bond acceptors (Lipinski definition) is 2. The Hall–Kier alpha value is -1.41. The lowest BCUT2D eigenvalue weighted by atomic mass is 9.88. The van der Waals surface area contributed by atoms with Gasteiger partial charge in [0.25, 0.3) is 0 Å². The standard InChI is InChI=1S/C15H18N2/c1-2-14-13(8-10-16-14)11-7-9-17-15-6-4-3-5-12(11)15/h3-7,9,13-14,16H,2,8,10H2,1H3. The van der Waals surface area contributed by atoms with Crippen molar-refractivity contribution < 1.29 is 0 Å². The molecule has 2 unspecified atom stereocenters. The van der Waals surface area contributed by atoms with E-state index >= 15 is 0 Å². The number of hydrogen-bond donors (Lipinski definition) is 1. The summed E-state index contributed by atoms with van der Waals surface area (Å²) in [5.41, 5.74) is 2.58. The van der Waals surface area contributed by atoms with E-state index in [1.54, 1.807) is 0 Å². The predicted octanol–water partition coefficient (Wildman–Crippen LogP) is 3.09. The lowest BCUT2D eigenvalue weighted by Crippen LogP contribution is -2.24. The van der Waals surface area contributed by atoms with Gasteiger partial charge in [0.2, 0.25) is 0 Å². The highest BCUT2D eigenvalue weighted by Gasteiger charge is 2.27. The Kier molecular flexibility index (Phi) is 2.81. The minimum Gasteiger partial charge on any atom is -0.313 e. The molecule has 17 heavy (non-hydrogen) atoms. The highest BCUT2D eigenvalue weighted by atomic mass is 14.9. The van der Waals surface area contributed by atoms with Crippen LogP contribution in [0.3, 0.4) is 0 Å². The molecule has 2 nitrogen and oxygen atoms in total. The maximum atomic E-state index is 4.44. The van der Waals surface area contributed by atoms with Gasteiger partial charge in [0.15, 0.2) is 0 Å². The second kappa shape index (κ2) is 4.46. The maximum Gasteiger partial charge on any atom is 0.0704 e. The van der Waals surface area contributed by atoms with Crippen LogP contribution in [0.1, 0.15) is 31.2 Å². The third-order valence-electron chi connectivity index (χ3n) is 3.87. The van der Waals surface area contributed by atoms with Crippen LogP contribution in [0.25, 0.3) is 10.9 Å². The van der Waals surface area contributed by atoms with Crippen LogP contribution in [0.2, 0.25) is 0 Å². The summed E-state index contributed by atoms with van der Waals surface area (Å²) in [6.45, 7) is 3.40. The van der Waals surface area contributed by atoms with Crippen molar-refractivity contribution in [3.63, 3.8) is 0 Å². The monoisotopic (exact) mass is 226 g/mol. The zero-order chi connectivity index (χ0) is 11.7. The molecule has 1 fully saturated rings. The van der Waals surface area contributed by atoms with Gasteiger partial charge in [0, 0.05) is 23.5 Å². The summed E-state index contributed by atoms with van der Waals surface area (Å²) in [5.74, 6) is 0.646. The van der Waals surface area contributed by atoms with Gasteiger partial charge in [-0.25, -0.2) is 0 Å². The van der Waals surface area contributed by atoms with Crippen molar-refractivity contribution >= 4 is 10.9 Å². The Morgan fingerprint density at radius 2 is 2.18 bits per heavy atom. The largest absolute Gasteiger partial charge is 0.313 e. The molecule has 1 N–H and O–H groups in total. The van der Waals surface area contributed by atoms with Crippen LogP contribution in [0.5, 0.6) is 0 Å². The normalized spacial score (nSPS) is 24.3. The molecule has 0 saturated carbocycles. The van der Waals surface area contributed by atoms with Crippen molar-refractivity contribution in [2.75, 3.05) is 6.54 Å². The van der Waals surface area contributed by atoms with Crippen LogP contribution in [0.15, 0.2) is 36.5 Å². The number of pyridine rings is 1. The summed E-state index contributed by atoms with van der Waals surface area (Å²) in [5, 5.41) is 4.92. The van der Waals surface area contributed by atoms with E-state index in [0.29, 0.717) is 12.0 Å². The van der Waals surface area contributed by atoms with Crippen molar-refractivity contribution in [3.05, 3.63) is 42.1 Å². The smallest absolute Gasteiger partial charge is 0.0704 e. The Bertz CT molecular complexity index is 516. The average Bonchev–Trinajstić information content (AvgIpc) is 2.86. The molecule has 2 heteroatoms. The number of nitrogens with one attached hydrogen (secondary N) is 1. The summed E-state index contributed by atoms with van der Waals surface area (Å²) >= 11 is 0. The van der Waals surface area contributed by atoms with Crippen molar-refractivity contribution in [1.82, 2.24) is 10.3 Å². The van der Waals surface area contributed by atoms with Gasteiger partial charge in [-0.15, -0.1) is 0 Å². The summed E-state index contributed by atoms with van der Waals surface area (Å²) in [6.07, 6.45) is 4.39. The summed E-state index contributed by atoms with van der Waals surface area (Å²) < 4.78 is 0. The van der Waals surface area contributed by atoms with Gasteiger partial charge >= 0.3 is 0 Å². The molecular weight excluding hydrogens is 208 g/mol. The lowest BCUT2D eigenvalue weighted by Gasteiger charge is -2.19. The molecular formula is C15H18N2. The predicted molar refractivity (Wildman–Crippen MR) is 71.2 cm³/mol. The zero-order valence-electron chi connectivity index (χ0n) is 10.2. The number of benzene rings is 1. The van der Waals surface area contributed by atoms with Gasteiger partial charge in [-0.2, -0.15) is 0 Å². The van der Waals surface area contributed by atoms with E-state index < -0.39 is 0 Å². The highest BCUT2D eigenvalue weighted by Crippen LogP contribution is 2.33. The quantitative estimate of drug-likeness (QED) is 0.851. The molecule has 1 aliphatic heterocycles. The van der Waals surface area contributed by atoms with Gasteiger partial charge in [-0.3, -0.25) is 4.98 Å². The summed E-state index contributed by atoms with van der Waals surface area (Å²) in [7, 11) is 0. The fourth-order valence-electron chi connectivity index (χ4n) is 3.01. The minimum atomic E-state index is 0.626. The molecule has 1 saturated heterocycles. The highest BCUT2D eigenvalue weighted by molar-refractivity contribution is 5.82. The molecule has 0 aliphatic carbocycles. The second-order valence-corrected chi connectivity index (χ2v) is 4.78. The van der Waals surface area contributed by atoms with Crippen molar-refractivity contribution in [2.45, 2.75) is 31.7 Å². The van der Waals surface area contributed by atoms with E-state index in [4.69, 9.17) is 0 Å². The maximum absolute atomic E-state index is 4.44. The second-order valence-electron chi connectivity index (χ2n) is 4.78. The first kappa shape index (κ1) is 10.7. The van der Waals surface area contributed by atoms with Gasteiger partial charge in [-0.1, -0.05) is 25.1 Å². The topological polar surface area (TPSA) is 24.9 Å². The SMILES string of the molecule is CCC1NCCC1c1ccnc2ccccc12. The molecule has 0 radical (unpaired) electrons. The minimum absolute atomic E-state index is 0.626. The Labute approximate surface area is 102 Å². The van der Waals surface area contributed by atoms with E-state index in [1.165, 1.54) is 23.8 Å². The molecule has 0 spiro atoms. The van der Waals surface area contributed by atoms with Gasteiger partial charge in [0.1, 0.15) is 0 Å². The first-order valence-corrected chi connectivity index (χ1v) is 6.47. The number of para-hydroxylation sites is 1. The molecule has 0 amide bonds. The zero-order valence-corrected chi connectivity index (χ0v) is 10.2. The average molecular weight is 226 g/mol. The molecule has 3 rings (SSSR count). The molecule has 1 aromatic heterocycles. The van der Waals surface area contributed by atoms with Crippen LogP contribution in [-0.2, 0) is 0 Å². The summed E-state index contributed by atoms with van der Waals surface area (Å²) in [4.78, 5) is 4.44. The number of aromatic nitrogens is 1. The van der Waals surface area contributed by atoms with Crippen LogP contribution in [0, 0.1) is 0 Å². The van der Waals surface area contributed by atoms with Crippen molar-refractivity contribution in [3.8, 4) is 0 Å². The molecule has 2 atom stereocenters. The van der Waals surface area contributed by atoms with E-state index in [2.05, 4.69) is 47.6 Å². The molecule has 0 bridgehead atoms. The molecule has 88 valence electrons. The Morgan fingerprint density at radius 3 is 3.06 bits per heavy atom. The van der Waals surface area contributed by atoms with E-state index in [0.717, 1.165) is 12.1 Å². The molecule has 1 aliphatic rings. The molecule has 2 heterocycles. The fourth-order valence-corrected chi connectivity index (χ4v) is 3.01. The fraction of sp³-hybridized carbons (Fsp3) is 0.400. The summed E-state index contributed by atoms with van der Waals surface area (Å²) in [6, 6.07) is 11.3.